The van der Waals surface area contributed by atoms with E-state index in [4.69, 9.17) is 21.1 Å². The number of halogens is 1. The van der Waals surface area contributed by atoms with Crippen molar-refractivity contribution in [3.8, 4) is 0 Å². The lowest BCUT2D eigenvalue weighted by Crippen LogP contribution is -2.35. The molecule has 1 N–H and O–H groups in total. The van der Waals surface area contributed by atoms with Gasteiger partial charge in [-0.2, -0.15) is 0 Å². The molecule has 1 aliphatic rings. The molecule has 1 saturated heterocycles. The zero-order valence-electron chi connectivity index (χ0n) is 11.4. The number of thiazole rings is 1. The van der Waals surface area contributed by atoms with Crippen LogP contribution in [0.2, 0.25) is 5.15 Å². The molecule has 3 rings (SSSR count). The Hall–Kier alpha value is -0.710. The van der Waals surface area contributed by atoms with Crippen LogP contribution in [0, 0.1) is 0 Å². The minimum atomic E-state index is -3.78. The molecule has 1 atom stereocenters. The van der Waals surface area contributed by atoms with Gasteiger partial charge in [0.25, 0.3) is 10.0 Å². The van der Waals surface area contributed by atoms with Crippen molar-refractivity contribution in [3.63, 3.8) is 0 Å². The van der Waals surface area contributed by atoms with Crippen molar-refractivity contribution < 1.29 is 17.9 Å². The van der Waals surface area contributed by atoms with Gasteiger partial charge in [-0.05, 0) is 13.8 Å². The van der Waals surface area contributed by atoms with E-state index in [1.807, 2.05) is 0 Å². The first-order chi connectivity index (χ1) is 9.78. The van der Waals surface area contributed by atoms with Crippen LogP contribution in [0.1, 0.15) is 13.8 Å². The van der Waals surface area contributed by atoms with Crippen LogP contribution in [0.5, 0.6) is 0 Å². The summed E-state index contributed by atoms with van der Waals surface area (Å²) in [6.07, 6.45) is 1.28. The average molecular weight is 352 g/mol. The van der Waals surface area contributed by atoms with Gasteiger partial charge in [-0.15, -0.1) is 11.3 Å². The lowest BCUT2D eigenvalue weighted by atomic mass is 10.4. The lowest BCUT2D eigenvalue weighted by molar-refractivity contribution is -0.137. The quantitative estimate of drug-likeness (QED) is 0.902. The van der Waals surface area contributed by atoms with Crippen molar-refractivity contribution in [2.45, 2.75) is 30.8 Å². The van der Waals surface area contributed by atoms with Crippen molar-refractivity contribution in [1.29, 1.82) is 0 Å². The zero-order valence-corrected chi connectivity index (χ0v) is 13.8. The van der Waals surface area contributed by atoms with Gasteiger partial charge in [0, 0.05) is 18.1 Å². The highest BCUT2D eigenvalue weighted by atomic mass is 35.5. The Morgan fingerprint density at radius 2 is 2.38 bits per heavy atom. The maximum atomic E-state index is 12.4. The van der Waals surface area contributed by atoms with Crippen molar-refractivity contribution >= 4 is 37.9 Å². The largest absolute Gasteiger partial charge is 0.348 e. The van der Waals surface area contributed by atoms with Crippen LogP contribution in [-0.4, -0.2) is 42.8 Å². The highest BCUT2D eigenvalue weighted by molar-refractivity contribution is 7.89. The second kappa shape index (κ2) is 5.18. The van der Waals surface area contributed by atoms with Crippen molar-refractivity contribution in [1.82, 2.24) is 14.1 Å². The normalized spacial score (nSPS) is 22.1. The van der Waals surface area contributed by atoms with Gasteiger partial charge in [-0.3, -0.25) is 4.40 Å². The number of nitrogens with one attached hydrogen (secondary N) is 1. The molecule has 116 valence electrons. The van der Waals surface area contributed by atoms with Crippen LogP contribution in [0.15, 0.2) is 16.6 Å². The summed E-state index contributed by atoms with van der Waals surface area (Å²) in [5.74, 6) is -0.689. The maximum absolute atomic E-state index is 12.4. The van der Waals surface area contributed by atoms with E-state index >= 15 is 0 Å². The molecule has 21 heavy (non-hydrogen) atoms. The van der Waals surface area contributed by atoms with Gasteiger partial charge in [0.1, 0.15) is 0 Å². The van der Waals surface area contributed by atoms with E-state index in [9.17, 15) is 8.42 Å². The predicted molar refractivity (Wildman–Crippen MR) is 78.2 cm³/mol. The minimum Gasteiger partial charge on any atom is -0.348 e. The third kappa shape index (κ3) is 2.94. The first-order valence-electron chi connectivity index (χ1n) is 6.21. The van der Waals surface area contributed by atoms with Crippen LogP contribution in [0.25, 0.3) is 4.96 Å². The molecular formula is C11H14ClN3O4S2. The van der Waals surface area contributed by atoms with E-state index in [0.29, 0.717) is 11.6 Å². The summed E-state index contributed by atoms with van der Waals surface area (Å²) in [4.78, 5) is 4.54. The second-order valence-electron chi connectivity index (χ2n) is 5.07. The number of aromatic nitrogens is 2. The van der Waals surface area contributed by atoms with E-state index < -0.39 is 15.8 Å². The summed E-state index contributed by atoms with van der Waals surface area (Å²) in [7, 11) is -3.78. The van der Waals surface area contributed by atoms with Gasteiger partial charge in [0.05, 0.1) is 12.7 Å². The number of ether oxygens (including phenoxy) is 2. The van der Waals surface area contributed by atoms with Gasteiger partial charge in [-0.25, -0.2) is 18.1 Å². The Morgan fingerprint density at radius 1 is 1.62 bits per heavy atom. The molecule has 3 heterocycles. The molecule has 0 aromatic carbocycles. The molecule has 0 amide bonds. The Labute approximate surface area is 130 Å². The van der Waals surface area contributed by atoms with E-state index in [1.165, 1.54) is 15.7 Å². The predicted octanol–water partition coefficient (Wildman–Crippen LogP) is 1.48. The van der Waals surface area contributed by atoms with Crippen molar-refractivity contribution in [2.24, 2.45) is 0 Å². The summed E-state index contributed by atoms with van der Waals surface area (Å²) in [6.45, 7) is 4.01. The zero-order chi connectivity index (χ0) is 15.3. The topological polar surface area (TPSA) is 81.9 Å². The first kappa shape index (κ1) is 15.2. The second-order valence-corrected chi connectivity index (χ2v) is 7.98. The summed E-state index contributed by atoms with van der Waals surface area (Å²) in [5, 5.41) is 1.64. The Kier molecular flexibility index (Phi) is 3.75. The number of hydrogen-bond donors (Lipinski definition) is 1. The average Bonchev–Trinajstić information content (AvgIpc) is 3.00. The number of rotatable bonds is 4. The molecule has 0 radical (unpaired) electrons. The SMILES string of the molecule is CC1(C)OCC(CNS(=O)(=O)c2c(Cl)nc3sccn23)O1. The fourth-order valence-electron chi connectivity index (χ4n) is 2.11. The first-order valence-corrected chi connectivity index (χ1v) is 8.95. The number of fused-ring (bicyclic) bond motifs is 1. The van der Waals surface area contributed by atoms with Gasteiger partial charge < -0.3 is 9.47 Å². The van der Waals surface area contributed by atoms with Crippen LogP contribution in [0.4, 0.5) is 0 Å². The fourth-order valence-corrected chi connectivity index (χ4v) is 4.63. The number of sulfonamides is 1. The lowest BCUT2D eigenvalue weighted by Gasteiger charge is -2.17. The highest BCUT2D eigenvalue weighted by Crippen LogP contribution is 2.26. The number of nitrogens with zero attached hydrogens (tertiary/aromatic N) is 2. The molecule has 7 nitrogen and oxygen atoms in total. The summed E-state index contributed by atoms with van der Waals surface area (Å²) < 4.78 is 39.7. The van der Waals surface area contributed by atoms with Crippen LogP contribution in [-0.2, 0) is 19.5 Å². The summed E-state index contributed by atoms with van der Waals surface area (Å²) in [5.41, 5.74) is 0. The molecule has 10 heteroatoms. The molecule has 0 bridgehead atoms. The molecule has 0 spiro atoms. The Morgan fingerprint density at radius 3 is 3.05 bits per heavy atom. The fraction of sp³-hybridized carbons (Fsp3) is 0.545. The van der Waals surface area contributed by atoms with Gasteiger partial charge in [0.2, 0.25) is 0 Å². The maximum Gasteiger partial charge on any atom is 0.259 e. The highest BCUT2D eigenvalue weighted by Gasteiger charge is 2.34. The van der Waals surface area contributed by atoms with Gasteiger partial charge in [-0.1, -0.05) is 11.6 Å². The van der Waals surface area contributed by atoms with Crippen LogP contribution < -0.4 is 4.72 Å². The summed E-state index contributed by atoms with van der Waals surface area (Å²) >= 11 is 7.25. The summed E-state index contributed by atoms with van der Waals surface area (Å²) in [6, 6.07) is 0. The molecule has 2 aromatic rings. The Balaban J connectivity index is 1.78. The minimum absolute atomic E-state index is 0.0433. The van der Waals surface area contributed by atoms with Crippen LogP contribution in [0.3, 0.4) is 0 Å². The molecule has 0 aliphatic carbocycles. The van der Waals surface area contributed by atoms with Crippen molar-refractivity contribution in [3.05, 3.63) is 16.7 Å². The van der Waals surface area contributed by atoms with E-state index in [-0.39, 0.29) is 22.8 Å². The van der Waals surface area contributed by atoms with Gasteiger partial charge in [0.15, 0.2) is 20.9 Å². The van der Waals surface area contributed by atoms with E-state index in [0.717, 1.165) is 0 Å². The molecular weight excluding hydrogens is 338 g/mol. The monoisotopic (exact) mass is 351 g/mol. The van der Waals surface area contributed by atoms with Crippen molar-refractivity contribution in [2.75, 3.05) is 13.2 Å². The van der Waals surface area contributed by atoms with E-state index in [2.05, 4.69) is 9.71 Å². The number of hydrogen-bond acceptors (Lipinski definition) is 6. The third-order valence-corrected chi connectivity index (χ3v) is 5.58. The molecule has 1 aliphatic heterocycles. The smallest absolute Gasteiger partial charge is 0.259 e. The molecule has 0 saturated carbocycles. The standard InChI is InChI=1S/C11H14ClN3O4S2/c1-11(2)18-6-7(19-11)5-13-21(16,17)9-8(12)14-10-15(9)3-4-20-10/h3-4,7,13H,5-6H2,1-2H3. The molecule has 1 fully saturated rings. The third-order valence-electron chi connectivity index (χ3n) is 3.00. The van der Waals surface area contributed by atoms with E-state index in [1.54, 1.807) is 25.4 Å². The molecule has 1 unspecified atom stereocenters. The van der Waals surface area contributed by atoms with Crippen LogP contribution >= 0.6 is 22.9 Å². The number of imidazole rings is 1. The van der Waals surface area contributed by atoms with Gasteiger partial charge >= 0.3 is 0 Å². The Bertz CT molecular complexity index is 768. The molecule has 2 aromatic heterocycles.